The van der Waals surface area contributed by atoms with Gasteiger partial charge >= 0.3 is 0 Å². The summed E-state index contributed by atoms with van der Waals surface area (Å²) in [7, 11) is 0. The monoisotopic (exact) mass is 357 g/mol. The van der Waals surface area contributed by atoms with Crippen LogP contribution in [0, 0.1) is 0 Å². The van der Waals surface area contributed by atoms with Gasteiger partial charge in [0.1, 0.15) is 6.54 Å². The van der Waals surface area contributed by atoms with Gasteiger partial charge in [0.25, 0.3) is 5.56 Å². The van der Waals surface area contributed by atoms with Crippen LogP contribution in [0.2, 0.25) is 0 Å². The number of rotatable bonds is 4. The van der Waals surface area contributed by atoms with Crippen molar-refractivity contribution in [3.63, 3.8) is 0 Å². The van der Waals surface area contributed by atoms with Crippen LogP contribution in [0.4, 0.5) is 5.69 Å². The highest BCUT2D eigenvalue weighted by atomic mass is 16.2. The van der Waals surface area contributed by atoms with Crippen LogP contribution in [0.1, 0.15) is 35.6 Å². The number of nitrogens with zero attached hydrogens (tertiary/aromatic N) is 2. The van der Waals surface area contributed by atoms with Gasteiger partial charge in [-0.05, 0) is 59.7 Å². The average Bonchev–Trinajstić information content (AvgIpc) is 3.44. The Kier molecular flexibility index (Phi) is 3.67. The van der Waals surface area contributed by atoms with Gasteiger partial charge in [0, 0.05) is 17.7 Å². The normalized spacial score (nSPS) is 14.5. The fraction of sp³-hybridized carbons (Fsp3) is 0.227. The number of nitrogens with one attached hydrogen (secondary N) is 1. The predicted octanol–water partition coefficient (Wildman–Crippen LogP) is 3.33. The molecule has 0 bridgehead atoms. The number of fused-ring (bicyclic) bond motifs is 3. The van der Waals surface area contributed by atoms with Crippen molar-refractivity contribution in [2.75, 3.05) is 5.32 Å². The van der Waals surface area contributed by atoms with Crippen LogP contribution in [-0.4, -0.2) is 15.7 Å². The molecule has 0 saturated heterocycles. The summed E-state index contributed by atoms with van der Waals surface area (Å²) in [5.41, 5.74) is 6.40. The molecule has 5 rings (SSSR count). The Bertz CT molecular complexity index is 1110. The van der Waals surface area contributed by atoms with Gasteiger partial charge in [-0.15, -0.1) is 0 Å². The van der Waals surface area contributed by atoms with Crippen molar-refractivity contribution in [2.45, 2.75) is 31.7 Å². The largest absolute Gasteiger partial charge is 0.324 e. The third kappa shape index (κ3) is 3.05. The molecule has 3 aromatic rings. The molecule has 0 atom stereocenters. The number of aromatic nitrogens is 2. The first-order chi connectivity index (χ1) is 13.2. The summed E-state index contributed by atoms with van der Waals surface area (Å²) in [4.78, 5) is 24.4. The molecule has 2 aliphatic rings. The van der Waals surface area contributed by atoms with E-state index in [1.807, 2.05) is 24.3 Å². The molecule has 27 heavy (non-hydrogen) atoms. The Hall–Kier alpha value is -3.21. The second-order valence-electron chi connectivity index (χ2n) is 7.28. The maximum absolute atomic E-state index is 12.4. The lowest BCUT2D eigenvalue weighted by Crippen LogP contribution is -2.29. The van der Waals surface area contributed by atoms with Crippen molar-refractivity contribution in [3.05, 3.63) is 81.8 Å². The maximum Gasteiger partial charge on any atom is 0.267 e. The molecule has 1 aromatic heterocycles. The van der Waals surface area contributed by atoms with Crippen LogP contribution in [-0.2, 0) is 17.8 Å². The lowest BCUT2D eigenvalue weighted by atomic mass is 10.1. The van der Waals surface area contributed by atoms with E-state index >= 15 is 0 Å². The Labute approximate surface area is 156 Å². The summed E-state index contributed by atoms with van der Waals surface area (Å²) < 4.78 is 1.26. The molecule has 0 unspecified atom stereocenters. The molecule has 2 aliphatic carbocycles. The highest BCUT2D eigenvalue weighted by Gasteiger charge is 2.25. The van der Waals surface area contributed by atoms with Crippen molar-refractivity contribution >= 4 is 11.6 Å². The minimum Gasteiger partial charge on any atom is -0.324 e. The van der Waals surface area contributed by atoms with Crippen LogP contribution in [0.3, 0.4) is 0 Å². The topological polar surface area (TPSA) is 64.0 Å². The summed E-state index contributed by atoms with van der Waals surface area (Å²) in [5, 5.41) is 7.24. The van der Waals surface area contributed by atoms with Crippen molar-refractivity contribution in [1.29, 1.82) is 0 Å². The second kappa shape index (κ2) is 6.20. The summed E-state index contributed by atoms with van der Waals surface area (Å²) in [6, 6.07) is 17.6. The standard InChI is InChI=1S/C22H19N3O2/c26-21(13-25-22(27)10-9-20(24-25)14-5-6-14)23-17-7-8-19-16(12-17)11-15-3-1-2-4-18(15)19/h1-4,7-10,12,14H,5-6,11,13H2,(H,23,26). The zero-order valence-electron chi connectivity index (χ0n) is 14.8. The minimum absolute atomic E-state index is 0.0727. The van der Waals surface area contributed by atoms with E-state index in [1.54, 1.807) is 6.07 Å². The Balaban J connectivity index is 1.33. The zero-order valence-corrected chi connectivity index (χ0v) is 14.8. The molecule has 1 N–H and O–H groups in total. The molecule has 0 spiro atoms. The molecular weight excluding hydrogens is 338 g/mol. The Morgan fingerprint density at radius 2 is 1.85 bits per heavy atom. The third-order valence-electron chi connectivity index (χ3n) is 5.25. The van der Waals surface area contributed by atoms with E-state index in [2.05, 4.69) is 28.6 Å². The van der Waals surface area contributed by atoms with E-state index in [0.29, 0.717) is 5.92 Å². The maximum atomic E-state index is 12.4. The molecule has 0 aliphatic heterocycles. The zero-order chi connectivity index (χ0) is 18.4. The van der Waals surface area contributed by atoms with E-state index in [4.69, 9.17) is 0 Å². The van der Waals surface area contributed by atoms with Gasteiger partial charge in [0.15, 0.2) is 0 Å². The molecule has 0 radical (unpaired) electrons. The number of carbonyl (C=O) groups is 1. The molecule has 1 heterocycles. The molecular formula is C22H19N3O2. The minimum atomic E-state index is -0.251. The molecule has 2 aromatic carbocycles. The SMILES string of the molecule is O=C(Cn1nc(C2CC2)ccc1=O)Nc1ccc2c(c1)Cc1ccccc1-2. The fourth-order valence-electron chi connectivity index (χ4n) is 3.73. The van der Waals surface area contributed by atoms with Crippen LogP contribution in [0.15, 0.2) is 59.4 Å². The van der Waals surface area contributed by atoms with Gasteiger partial charge in [-0.1, -0.05) is 30.3 Å². The number of hydrogen-bond donors (Lipinski definition) is 1. The van der Waals surface area contributed by atoms with Crippen molar-refractivity contribution < 1.29 is 4.79 Å². The van der Waals surface area contributed by atoms with Crippen molar-refractivity contribution in [3.8, 4) is 11.1 Å². The number of hydrogen-bond acceptors (Lipinski definition) is 3. The quantitative estimate of drug-likeness (QED) is 0.609. The summed E-state index contributed by atoms with van der Waals surface area (Å²) in [6.07, 6.45) is 3.09. The molecule has 1 fully saturated rings. The first kappa shape index (κ1) is 16.0. The number of carbonyl (C=O) groups excluding carboxylic acids is 1. The fourth-order valence-corrected chi connectivity index (χ4v) is 3.73. The highest BCUT2D eigenvalue weighted by molar-refractivity contribution is 5.91. The first-order valence-electron chi connectivity index (χ1n) is 9.26. The van der Waals surface area contributed by atoms with E-state index in [9.17, 15) is 9.59 Å². The lowest BCUT2D eigenvalue weighted by molar-refractivity contribution is -0.117. The summed E-state index contributed by atoms with van der Waals surface area (Å²) in [6.45, 7) is -0.0727. The Morgan fingerprint density at radius 1 is 1.04 bits per heavy atom. The first-order valence-corrected chi connectivity index (χ1v) is 9.26. The van der Waals surface area contributed by atoms with Gasteiger partial charge in [-0.2, -0.15) is 5.10 Å². The highest BCUT2D eigenvalue weighted by Crippen LogP contribution is 2.38. The van der Waals surface area contributed by atoms with Crippen LogP contribution in [0.25, 0.3) is 11.1 Å². The molecule has 5 nitrogen and oxygen atoms in total. The van der Waals surface area contributed by atoms with E-state index in [1.165, 1.54) is 33.0 Å². The smallest absolute Gasteiger partial charge is 0.267 e. The predicted molar refractivity (Wildman–Crippen MR) is 104 cm³/mol. The average molecular weight is 357 g/mol. The summed E-state index contributed by atoms with van der Waals surface area (Å²) >= 11 is 0. The Morgan fingerprint density at radius 3 is 2.70 bits per heavy atom. The second-order valence-corrected chi connectivity index (χ2v) is 7.28. The number of benzene rings is 2. The van der Waals surface area contributed by atoms with Crippen LogP contribution in [0.5, 0.6) is 0 Å². The van der Waals surface area contributed by atoms with E-state index in [-0.39, 0.29) is 18.0 Å². The lowest BCUT2D eigenvalue weighted by Gasteiger charge is -2.09. The van der Waals surface area contributed by atoms with Gasteiger partial charge in [0.2, 0.25) is 5.91 Å². The molecule has 134 valence electrons. The van der Waals surface area contributed by atoms with Gasteiger partial charge in [-0.3, -0.25) is 9.59 Å². The number of anilines is 1. The van der Waals surface area contributed by atoms with Crippen molar-refractivity contribution in [2.24, 2.45) is 0 Å². The van der Waals surface area contributed by atoms with Crippen molar-refractivity contribution in [1.82, 2.24) is 9.78 Å². The summed E-state index contributed by atoms with van der Waals surface area (Å²) in [5.74, 6) is 0.200. The van der Waals surface area contributed by atoms with Gasteiger partial charge in [-0.25, -0.2) is 4.68 Å². The van der Waals surface area contributed by atoms with Crippen LogP contribution >= 0.6 is 0 Å². The van der Waals surface area contributed by atoms with Gasteiger partial charge in [0.05, 0.1) is 5.69 Å². The molecule has 5 heteroatoms. The van der Waals surface area contributed by atoms with Crippen LogP contribution < -0.4 is 10.9 Å². The van der Waals surface area contributed by atoms with Gasteiger partial charge < -0.3 is 5.32 Å². The molecule has 1 saturated carbocycles. The van der Waals surface area contributed by atoms with E-state index in [0.717, 1.165) is 30.6 Å². The van der Waals surface area contributed by atoms with E-state index < -0.39 is 0 Å². The third-order valence-corrected chi connectivity index (χ3v) is 5.25. The number of amides is 1. The molecule has 1 amide bonds.